The first-order valence-electron chi connectivity index (χ1n) is 8.97. The Balaban J connectivity index is 1.75. The number of pyridine rings is 1. The Bertz CT molecular complexity index is 1410. The average molecular weight is 384 g/mol. The van der Waals surface area contributed by atoms with Gasteiger partial charge in [-0.1, -0.05) is 6.07 Å². The SMILES string of the molecule is COc1cccc(Nc2nc3cc4cc(C(=O)O)ccc4n3c3cnccc23)c1. The molecule has 29 heavy (non-hydrogen) atoms. The second-order valence-corrected chi connectivity index (χ2v) is 6.63. The van der Waals surface area contributed by atoms with Gasteiger partial charge in [-0.05, 0) is 42.5 Å². The maximum atomic E-state index is 11.3. The lowest BCUT2D eigenvalue weighted by Gasteiger charge is -2.12. The minimum Gasteiger partial charge on any atom is -0.497 e. The van der Waals surface area contributed by atoms with Gasteiger partial charge in [0, 0.05) is 28.7 Å². The molecule has 0 unspecified atom stereocenters. The smallest absolute Gasteiger partial charge is 0.335 e. The summed E-state index contributed by atoms with van der Waals surface area (Å²) in [6.45, 7) is 0. The van der Waals surface area contributed by atoms with E-state index >= 15 is 0 Å². The fraction of sp³-hybridized carbons (Fsp3) is 0.0455. The Labute approximate surface area is 165 Å². The van der Waals surface area contributed by atoms with Gasteiger partial charge in [0.15, 0.2) is 0 Å². The van der Waals surface area contributed by atoms with Gasteiger partial charge < -0.3 is 15.2 Å². The Morgan fingerprint density at radius 2 is 2.00 bits per heavy atom. The highest BCUT2D eigenvalue weighted by atomic mass is 16.5. The number of benzene rings is 2. The van der Waals surface area contributed by atoms with Crippen LogP contribution in [0, 0.1) is 0 Å². The van der Waals surface area contributed by atoms with E-state index in [0.29, 0.717) is 11.5 Å². The van der Waals surface area contributed by atoms with Crippen LogP contribution in [-0.2, 0) is 0 Å². The lowest BCUT2D eigenvalue weighted by atomic mass is 10.1. The van der Waals surface area contributed by atoms with Crippen molar-refractivity contribution in [1.82, 2.24) is 14.4 Å². The highest BCUT2D eigenvalue weighted by Gasteiger charge is 2.14. The largest absolute Gasteiger partial charge is 0.497 e. The Kier molecular flexibility index (Phi) is 3.80. The molecule has 7 heteroatoms. The van der Waals surface area contributed by atoms with Crippen LogP contribution in [-0.4, -0.2) is 32.6 Å². The summed E-state index contributed by atoms with van der Waals surface area (Å²) in [5, 5.41) is 14.4. The first-order chi connectivity index (χ1) is 14.1. The van der Waals surface area contributed by atoms with E-state index < -0.39 is 5.97 Å². The zero-order valence-corrected chi connectivity index (χ0v) is 15.5. The molecule has 0 saturated carbocycles. The maximum absolute atomic E-state index is 11.3. The number of carboxylic acids is 1. The van der Waals surface area contributed by atoms with Gasteiger partial charge in [0.1, 0.15) is 17.2 Å². The highest BCUT2D eigenvalue weighted by Crippen LogP contribution is 2.31. The molecule has 142 valence electrons. The van der Waals surface area contributed by atoms with Crippen molar-refractivity contribution >= 4 is 44.9 Å². The van der Waals surface area contributed by atoms with Crippen LogP contribution in [0.1, 0.15) is 10.4 Å². The van der Waals surface area contributed by atoms with Crippen LogP contribution < -0.4 is 10.1 Å². The van der Waals surface area contributed by atoms with Gasteiger partial charge in [-0.3, -0.25) is 9.38 Å². The predicted molar refractivity (Wildman–Crippen MR) is 111 cm³/mol. The summed E-state index contributed by atoms with van der Waals surface area (Å²) in [5.41, 5.74) is 3.55. The molecule has 3 heterocycles. The Morgan fingerprint density at radius 1 is 1.10 bits per heavy atom. The third-order valence-electron chi connectivity index (χ3n) is 4.88. The molecule has 0 aliphatic carbocycles. The third kappa shape index (κ3) is 2.80. The number of hydrogen-bond acceptors (Lipinski definition) is 5. The fourth-order valence-electron chi connectivity index (χ4n) is 3.54. The quantitative estimate of drug-likeness (QED) is 0.475. The standard InChI is InChI=1S/C22H16N4O3/c1-29-16-4-2-3-15(11-16)24-21-17-7-8-23-12-19(17)26-18-6-5-13(22(27)28)9-14(18)10-20(26)25-21/h2-12H,1H3,(H,24,25)(H,27,28). The first-order valence-corrected chi connectivity index (χ1v) is 8.97. The van der Waals surface area contributed by atoms with Crippen molar-refractivity contribution in [2.75, 3.05) is 12.4 Å². The molecule has 0 saturated heterocycles. The zero-order chi connectivity index (χ0) is 20.0. The minimum absolute atomic E-state index is 0.241. The molecular formula is C22H16N4O3. The zero-order valence-electron chi connectivity index (χ0n) is 15.5. The van der Waals surface area contributed by atoms with E-state index in [4.69, 9.17) is 9.72 Å². The number of fused-ring (bicyclic) bond motifs is 5. The minimum atomic E-state index is -0.956. The molecule has 2 N–H and O–H groups in total. The number of aromatic nitrogens is 3. The molecule has 0 radical (unpaired) electrons. The number of nitrogens with one attached hydrogen (secondary N) is 1. The number of nitrogens with zero attached hydrogens (tertiary/aromatic N) is 3. The Morgan fingerprint density at radius 3 is 2.83 bits per heavy atom. The van der Waals surface area contributed by atoms with Gasteiger partial charge in [-0.2, -0.15) is 0 Å². The molecule has 0 fully saturated rings. The number of aromatic carboxylic acids is 1. The van der Waals surface area contributed by atoms with E-state index in [-0.39, 0.29) is 5.56 Å². The molecule has 0 aliphatic heterocycles. The highest BCUT2D eigenvalue weighted by molar-refractivity contribution is 6.00. The summed E-state index contributed by atoms with van der Waals surface area (Å²) in [4.78, 5) is 20.4. The molecule has 5 rings (SSSR count). The summed E-state index contributed by atoms with van der Waals surface area (Å²) in [5.74, 6) is 0.475. The summed E-state index contributed by atoms with van der Waals surface area (Å²) in [6.07, 6.45) is 3.51. The summed E-state index contributed by atoms with van der Waals surface area (Å²) in [6, 6.07) is 16.5. The number of anilines is 2. The van der Waals surface area contributed by atoms with Gasteiger partial charge in [-0.15, -0.1) is 0 Å². The van der Waals surface area contributed by atoms with Crippen LogP contribution in [0.4, 0.5) is 11.5 Å². The van der Waals surface area contributed by atoms with Crippen molar-refractivity contribution in [1.29, 1.82) is 0 Å². The molecule has 3 aromatic heterocycles. The topological polar surface area (TPSA) is 88.8 Å². The molecule has 0 aliphatic rings. The molecule has 0 atom stereocenters. The van der Waals surface area contributed by atoms with Gasteiger partial charge in [-0.25, -0.2) is 9.78 Å². The number of rotatable bonds is 4. The number of carboxylic acid groups (broad SMARTS) is 1. The fourth-order valence-corrected chi connectivity index (χ4v) is 3.54. The van der Waals surface area contributed by atoms with E-state index in [1.165, 1.54) is 0 Å². The van der Waals surface area contributed by atoms with Gasteiger partial charge in [0.25, 0.3) is 0 Å². The van der Waals surface area contributed by atoms with E-state index in [0.717, 1.165) is 33.2 Å². The van der Waals surface area contributed by atoms with Crippen LogP contribution in [0.15, 0.2) is 67.0 Å². The third-order valence-corrected chi connectivity index (χ3v) is 4.88. The number of methoxy groups -OCH3 is 1. The van der Waals surface area contributed by atoms with Crippen LogP contribution >= 0.6 is 0 Å². The van der Waals surface area contributed by atoms with Crippen LogP contribution in [0.5, 0.6) is 5.75 Å². The van der Waals surface area contributed by atoms with Crippen molar-refractivity contribution in [2.45, 2.75) is 0 Å². The second-order valence-electron chi connectivity index (χ2n) is 6.63. The molecular weight excluding hydrogens is 368 g/mol. The molecule has 5 aromatic rings. The lowest BCUT2D eigenvalue weighted by molar-refractivity contribution is 0.0697. The number of ether oxygens (including phenoxy) is 1. The molecule has 0 amide bonds. The predicted octanol–water partition coefficient (Wildman–Crippen LogP) is 4.49. The molecule has 7 nitrogen and oxygen atoms in total. The summed E-state index contributed by atoms with van der Waals surface area (Å²) in [7, 11) is 1.63. The van der Waals surface area contributed by atoms with Gasteiger partial charge in [0.05, 0.1) is 29.9 Å². The maximum Gasteiger partial charge on any atom is 0.335 e. The van der Waals surface area contributed by atoms with Crippen molar-refractivity contribution in [2.24, 2.45) is 0 Å². The van der Waals surface area contributed by atoms with Crippen LogP contribution in [0.3, 0.4) is 0 Å². The normalized spacial score (nSPS) is 11.2. The van der Waals surface area contributed by atoms with Crippen molar-refractivity contribution < 1.29 is 14.6 Å². The van der Waals surface area contributed by atoms with E-state index in [1.54, 1.807) is 37.7 Å². The summed E-state index contributed by atoms with van der Waals surface area (Å²) < 4.78 is 7.28. The average Bonchev–Trinajstić information content (AvgIpc) is 3.11. The van der Waals surface area contributed by atoms with Gasteiger partial charge in [0.2, 0.25) is 0 Å². The van der Waals surface area contributed by atoms with Crippen LogP contribution in [0.2, 0.25) is 0 Å². The lowest BCUT2D eigenvalue weighted by Crippen LogP contribution is -2.00. The first kappa shape index (κ1) is 17.0. The number of carbonyl (C=O) groups is 1. The van der Waals surface area contributed by atoms with Crippen molar-refractivity contribution in [3.8, 4) is 5.75 Å². The van der Waals surface area contributed by atoms with Crippen molar-refractivity contribution in [3.63, 3.8) is 0 Å². The Hall–Kier alpha value is -4.13. The number of hydrogen-bond donors (Lipinski definition) is 2. The van der Waals surface area contributed by atoms with Crippen molar-refractivity contribution in [3.05, 3.63) is 72.6 Å². The molecule has 2 aromatic carbocycles. The van der Waals surface area contributed by atoms with E-state index in [9.17, 15) is 9.90 Å². The molecule has 0 spiro atoms. The monoisotopic (exact) mass is 384 g/mol. The summed E-state index contributed by atoms with van der Waals surface area (Å²) >= 11 is 0. The second kappa shape index (κ2) is 6.49. The van der Waals surface area contributed by atoms with E-state index in [1.807, 2.05) is 40.8 Å². The van der Waals surface area contributed by atoms with Crippen LogP contribution in [0.25, 0.3) is 27.5 Å². The molecule has 0 bridgehead atoms. The van der Waals surface area contributed by atoms with E-state index in [2.05, 4.69) is 10.3 Å². The van der Waals surface area contributed by atoms with Gasteiger partial charge >= 0.3 is 5.97 Å².